The summed E-state index contributed by atoms with van der Waals surface area (Å²) >= 11 is 1.88. The van der Waals surface area contributed by atoms with E-state index in [2.05, 4.69) is 43.3 Å². The van der Waals surface area contributed by atoms with Crippen LogP contribution >= 0.6 is 11.8 Å². The molecule has 0 aromatic heterocycles. The van der Waals surface area contributed by atoms with E-state index < -0.39 is 18.3 Å². The third kappa shape index (κ3) is 5.37. The molecule has 2 aromatic rings. The van der Waals surface area contributed by atoms with E-state index in [4.69, 9.17) is 4.74 Å². The molecule has 0 radical (unpaired) electrons. The van der Waals surface area contributed by atoms with Gasteiger partial charge in [-0.3, -0.25) is 0 Å². The minimum Gasteiger partial charge on any atom is -0.394 e. The van der Waals surface area contributed by atoms with Crippen LogP contribution < -0.4 is 0 Å². The summed E-state index contributed by atoms with van der Waals surface area (Å²) in [7, 11) is 0. The number of benzene rings is 2. The Bertz CT molecular complexity index is 737. The fourth-order valence-electron chi connectivity index (χ4n) is 3.61. The Balaban J connectivity index is 0.000000236. The van der Waals surface area contributed by atoms with Crippen LogP contribution in [0.2, 0.25) is 0 Å². The van der Waals surface area contributed by atoms with Gasteiger partial charge in [0.1, 0.15) is 12.2 Å². The molecule has 4 unspecified atom stereocenters. The number of fused-ring (bicyclic) bond motifs is 1. The predicted octanol–water partition coefficient (Wildman–Crippen LogP) is 3.52. The van der Waals surface area contributed by atoms with Crippen molar-refractivity contribution in [3.63, 3.8) is 0 Å². The molecule has 2 aliphatic rings. The summed E-state index contributed by atoms with van der Waals surface area (Å²) in [5.41, 5.74) is 3.77. The monoisotopic (exact) mass is 402 g/mol. The molecular formula is C23H30O4S. The molecule has 5 heteroatoms. The second-order valence-electron chi connectivity index (χ2n) is 7.30. The highest BCUT2D eigenvalue weighted by molar-refractivity contribution is 7.99. The van der Waals surface area contributed by atoms with Crippen LogP contribution in [0.25, 0.3) is 0 Å². The van der Waals surface area contributed by atoms with Gasteiger partial charge in [0.2, 0.25) is 0 Å². The van der Waals surface area contributed by atoms with Gasteiger partial charge >= 0.3 is 0 Å². The van der Waals surface area contributed by atoms with Gasteiger partial charge in [0.15, 0.2) is 0 Å². The van der Waals surface area contributed by atoms with E-state index in [0.29, 0.717) is 6.42 Å². The lowest BCUT2D eigenvalue weighted by molar-refractivity contribution is -0.181. The van der Waals surface area contributed by atoms with Gasteiger partial charge in [-0.25, -0.2) is 0 Å². The molecule has 0 spiro atoms. The molecule has 0 amide bonds. The lowest BCUT2D eigenvalue weighted by atomic mass is 9.93. The molecule has 0 saturated carbocycles. The Morgan fingerprint density at radius 1 is 1.11 bits per heavy atom. The highest BCUT2D eigenvalue weighted by Gasteiger charge is 2.37. The molecule has 4 rings (SSSR count). The summed E-state index contributed by atoms with van der Waals surface area (Å²) < 4.78 is 5.73. The van der Waals surface area contributed by atoms with Gasteiger partial charge in [-0.05, 0) is 47.8 Å². The molecule has 4 nitrogen and oxygen atoms in total. The average molecular weight is 403 g/mol. The molecule has 1 fully saturated rings. The fourth-order valence-corrected chi connectivity index (χ4v) is 4.63. The van der Waals surface area contributed by atoms with E-state index in [-0.39, 0.29) is 12.7 Å². The minimum absolute atomic E-state index is 0.261. The molecular weight excluding hydrogens is 372 g/mol. The lowest BCUT2D eigenvalue weighted by Gasteiger charge is -2.36. The Morgan fingerprint density at radius 2 is 1.89 bits per heavy atom. The number of aliphatic hydroxyl groups excluding tert-OH is 3. The highest BCUT2D eigenvalue weighted by atomic mass is 32.2. The third-order valence-electron chi connectivity index (χ3n) is 5.31. The standard InChI is InChI=1S/C15H20O4S.C8H10/c16-8-13-15(18)11(17)7-12(19-13)9-3-4-14-10(6-9)2-1-5-20-14;1-2-8-6-4-3-5-7-8/h3-4,6,11-13,15-18H,1-2,5,7-8H2;3-7H,2H2,1H3. The van der Waals surface area contributed by atoms with Gasteiger partial charge < -0.3 is 20.1 Å². The summed E-state index contributed by atoms with van der Waals surface area (Å²) in [4.78, 5) is 1.33. The van der Waals surface area contributed by atoms with E-state index >= 15 is 0 Å². The smallest absolute Gasteiger partial charge is 0.110 e. The summed E-state index contributed by atoms with van der Waals surface area (Å²) in [5, 5.41) is 28.9. The van der Waals surface area contributed by atoms with Crippen molar-refractivity contribution < 1.29 is 20.1 Å². The predicted molar refractivity (Wildman–Crippen MR) is 113 cm³/mol. The lowest BCUT2D eigenvalue weighted by Crippen LogP contribution is -2.47. The summed E-state index contributed by atoms with van der Waals surface area (Å²) in [6.45, 7) is 1.88. The van der Waals surface area contributed by atoms with Crippen LogP contribution in [0.3, 0.4) is 0 Å². The zero-order chi connectivity index (χ0) is 19.9. The van der Waals surface area contributed by atoms with Crippen molar-refractivity contribution in [1.29, 1.82) is 0 Å². The largest absolute Gasteiger partial charge is 0.394 e. The van der Waals surface area contributed by atoms with Gasteiger partial charge in [0, 0.05) is 11.3 Å². The van der Waals surface area contributed by atoms with Crippen molar-refractivity contribution in [2.24, 2.45) is 0 Å². The number of hydrogen-bond donors (Lipinski definition) is 3. The quantitative estimate of drug-likeness (QED) is 0.733. The molecule has 0 bridgehead atoms. The van der Waals surface area contributed by atoms with E-state index in [1.807, 2.05) is 23.9 Å². The second kappa shape index (κ2) is 10.4. The maximum absolute atomic E-state index is 9.90. The van der Waals surface area contributed by atoms with Crippen LogP contribution in [0.4, 0.5) is 0 Å². The Kier molecular flexibility index (Phi) is 7.94. The first-order chi connectivity index (χ1) is 13.6. The number of ether oxygens (including phenoxy) is 1. The van der Waals surface area contributed by atoms with Crippen molar-refractivity contribution in [2.75, 3.05) is 12.4 Å². The second-order valence-corrected chi connectivity index (χ2v) is 8.43. The average Bonchev–Trinajstić information content (AvgIpc) is 2.76. The Hall–Kier alpha value is -1.37. The van der Waals surface area contributed by atoms with Crippen LogP contribution in [0.1, 0.15) is 42.6 Å². The van der Waals surface area contributed by atoms with Gasteiger partial charge in [-0.2, -0.15) is 0 Å². The van der Waals surface area contributed by atoms with Gasteiger partial charge in [-0.1, -0.05) is 49.4 Å². The van der Waals surface area contributed by atoms with Crippen LogP contribution in [-0.4, -0.2) is 46.0 Å². The zero-order valence-corrected chi connectivity index (χ0v) is 17.1. The van der Waals surface area contributed by atoms with Crippen molar-refractivity contribution in [3.8, 4) is 0 Å². The number of thioether (sulfide) groups is 1. The van der Waals surface area contributed by atoms with Crippen LogP contribution in [-0.2, 0) is 17.6 Å². The van der Waals surface area contributed by atoms with E-state index in [1.165, 1.54) is 28.2 Å². The number of aliphatic hydroxyl groups is 3. The topological polar surface area (TPSA) is 69.9 Å². The van der Waals surface area contributed by atoms with Crippen LogP contribution in [0, 0.1) is 0 Å². The molecule has 1 saturated heterocycles. The third-order valence-corrected chi connectivity index (χ3v) is 6.51. The molecule has 0 aliphatic carbocycles. The van der Waals surface area contributed by atoms with E-state index in [0.717, 1.165) is 18.4 Å². The molecule has 152 valence electrons. The normalized spacial score (nSPS) is 26.7. The molecule has 2 aliphatic heterocycles. The highest BCUT2D eigenvalue weighted by Crippen LogP contribution is 2.36. The molecule has 28 heavy (non-hydrogen) atoms. The van der Waals surface area contributed by atoms with Crippen molar-refractivity contribution in [2.45, 2.75) is 61.9 Å². The zero-order valence-electron chi connectivity index (χ0n) is 16.3. The van der Waals surface area contributed by atoms with Gasteiger partial charge in [0.05, 0.1) is 18.8 Å². The van der Waals surface area contributed by atoms with Gasteiger partial charge in [-0.15, -0.1) is 11.8 Å². The number of aryl methyl sites for hydroxylation is 2. The van der Waals surface area contributed by atoms with Crippen molar-refractivity contribution in [3.05, 3.63) is 65.2 Å². The summed E-state index contributed by atoms with van der Waals surface area (Å²) in [5.74, 6) is 1.17. The first-order valence-electron chi connectivity index (χ1n) is 10.0. The fraction of sp³-hybridized carbons (Fsp3) is 0.478. The first kappa shape index (κ1) is 21.3. The molecule has 4 atom stereocenters. The Labute approximate surface area is 171 Å². The number of hydrogen-bond acceptors (Lipinski definition) is 5. The first-order valence-corrected chi connectivity index (χ1v) is 11.0. The minimum atomic E-state index is -1.01. The van der Waals surface area contributed by atoms with Gasteiger partial charge in [0.25, 0.3) is 0 Å². The van der Waals surface area contributed by atoms with E-state index in [9.17, 15) is 15.3 Å². The van der Waals surface area contributed by atoms with Crippen LogP contribution in [0.5, 0.6) is 0 Å². The summed E-state index contributed by atoms with van der Waals surface area (Å²) in [6.07, 6.45) is 0.938. The van der Waals surface area contributed by atoms with Crippen molar-refractivity contribution in [1.82, 2.24) is 0 Å². The molecule has 3 N–H and O–H groups in total. The number of rotatable bonds is 3. The molecule has 2 heterocycles. The van der Waals surface area contributed by atoms with Crippen LogP contribution in [0.15, 0.2) is 53.4 Å². The van der Waals surface area contributed by atoms with E-state index in [1.54, 1.807) is 0 Å². The summed E-state index contributed by atoms with van der Waals surface area (Å²) in [6, 6.07) is 16.7. The maximum atomic E-state index is 9.90. The molecule has 2 aromatic carbocycles. The maximum Gasteiger partial charge on any atom is 0.110 e. The Morgan fingerprint density at radius 3 is 2.57 bits per heavy atom. The SMILES string of the molecule is CCc1ccccc1.OCC1OC(c2ccc3c(c2)CCCS3)CC(O)C1O. The van der Waals surface area contributed by atoms with Crippen molar-refractivity contribution >= 4 is 11.8 Å².